The summed E-state index contributed by atoms with van der Waals surface area (Å²) in [5, 5.41) is 0. The van der Waals surface area contributed by atoms with Crippen molar-refractivity contribution >= 4 is 17.8 Å². The fourth-order valence-corrected chi connectivity index (χ4v) is 3.53. The van der Waals surface area contributed by atoms with E-state index in [2.05, 4.69) is 0 Å². The summed E-state index contributed by atoms with van der Waals surface area (Å²) in [6.07, 6.45) is 1.56. The number of carbonyl (C=O) groups excluding carboxylic acids is 2. The first-order valence-electron chi connectivity index (χ1n) is 10.2. The molecule has 3 aromatic rings. The van der Waals surface area contributed by atoms with Gasteiger partial charge in [0, 0.05) is 11.6 Å². The van der Waals surface area contributed by atoms with Gasteiger partial charge in [-0.25, -0.2) is 4.79 Å². The van der Waals surface area contributed by atoms with E-state index in [-0.39, 0.29) is 23.0 Å². The average molecular weight is 462 g/mol. The van der Waals surface area contributed by atoms with Crippen LogP contribution >= 0.6 is 0 Å². The molecule has 0 atom stereocenters. The van der Waals surface area contributed by atoms with Crippen LogP contribution in [-0.2, 0) is 0 Å². The third-order valence-corrected chi connectivity index (χ3v) is 5.18. The summed E-state index contributed by atoms with van der Waals surface area (Å²) >= 11 is 0. The van der Waals surface area contributed by atoms with Crippen molar-refractivity contribution in [1.82, 2.24) is 0 Å². The number of fused-ring (bicyclic) bond motifs is 1. The molecule has 0 amide bonds. The van der Waals surface area contributed by atoms with E-state index >= 15 is 0 Å². The van der Waals surface area contributed by atoms with Crippen LogP contribution in [0.2, 0.25) is 0 Å². The third-order valence-electron chi connectivity index (χ3n) is 5.18. The molecule has 0 saturated carbocycles. The van der Waals surface area contributed by atoms with Gasteiger partial charge in [-0.15, -0.1) is 0 Å². The largest absolute Gasteiger partial charge is 0.497 e. The SMILES string of the molecule is COc1cccc(C(=O)Oc2ccc3c(c2)O/C(=C\c2ccc(OC)c(OC)c2OC)C3=O)c1. The molecule has 8 nitrogen and oxygen atoms in total. The Morgan fingerprint density at radius 3 is 2.32 bits per heavy atom. The number of methoxy groups -OCH3 is 4. The van der Waals surface area contributed by atoms with Crippen LogP contribution in [0.4, 0.5) is 0 Å². The molecule has 0 radical (unpaired) electrons. The van der Waals surface area contributed by atoms with Gasteiger partial charge in [0.1, 0.15) is 17.2 Å². The molecular formula is C26H22O8. The molecule has 0 saturated heterocycles. The highest BCUT2D eigenvalue weighted by molar-refractivity contribution is 6.14. The Bertz CT molecular complexity index is 1290. The fourth-order valence-electron chi connectivity index (χ4n) is 3.53. The molecule has 4 rings (SSSR count). The minimum Gasteiger partial charge on any atom is -0.497 e. The molecular weight excluding hydrogens is 440 g/mol. The second-order valence-electron chi connectivity index (χ2n) is 7.14. The molecule has 0 spiro atoms. The number of allylic oxidation sites excluding steroid dienone is 1. The topological polar surface area (TPSA) is 89.5 Å². The van der Waals surface area contributed by atoms with E-state index in [0.29, 0.717) is 39.7 Å². The zero-order valence-corrected chi connectivity index (χ0v) is 19.0. The van der Waals surface area contributed by atoms with Crippen molar-refractivity contribution < 1.29 is 38.0 Å². The highest BCUT2D eigenvalue weighted by atomic mass is 16.5. The van der Waals surface area contributed by atoms with Crippen molar-refractivity contribution in [1.29, 1.82) is 0 Å². The fraction of sp³-hybridized carbons (Fsp3) is 0.154. The molecule has 0 unspecified atom stereocenters. The van der Waals surface area contributed by atoms with Crippen molar-refractivity contribution in [2.24, 2.45) is 0 Å². The van der Waals surface area contributed by atoms with Gasteiger partial charge in [-0.3, -0.25) is 4.79 Å². The maximum absolute atomic E-state index is 12.9. The third kappa shape index (κ3) is 4.25. The van der Waals surface area contributed by atoms with E-state index in [1.54, 1.807) is 48.5 Å². The second-order valence-corrected chi connectivity index (χ2v) is 7.14. The van der Waals surface area contributed by atoms with Crippen LogP contribution in [0.5, 0.6) is 34.5 Å². The zero-order valence-electron chi connectivity index (χ0n) is 19.0. The predicted molar refractivity (Wildman–Crippen MR) is 123 cm³/mol. The standard InChI is InChI=1S/C26H22O8/c1-29-17-7-5-6-16(12-17)26(28)33-18-9-10-19-21(14-18)34-22(23(19)27)13-15-8-11-20(30-2)25(32-4)24(15)31-3/h5-14H,1-4H3/b22-13-. The Morgan fingerprint density at radius 1 is 0.824 bits per heavy atom. The van der Waals surface area contributed by atoms with Gasteiger partial charge in [-0.1, -0.05) is 6.07 Å². The molecule has 1 aliphatic rings. The van der Waals surface area contributed by atoms with Crippen LogP contribution in [0.15, 0.2) is 60.4 Å². The monoisotopic (exact) mass is 462 g/mol. The lowest BCUT2D eigenvalue weighted by Gasteiger charge is -2.14. The lowest BCUT2D eigenvalue weighted by atomic mass is 10.1. The Morgan fingerprint density at radius 2 is 1.62 bits per heavy atom. The Hall–Kier alpha value is -4.46. The van der Waals surface area contributed by atoms with E-state index in [1.807, 2.05) is 0 Å². The molecule has 0 aromatic heterocycles. The number of Topliss-reactive ketones (excluding diaryl/α,β-unsaturated/α-hetero) is 1. The highest BCUT2D eigenvalue weighted by Crippen LogP contribution is 2.42. The number of hydrogen-bond acceptors (Lipinski definition) is 8. The van der Waals surface area contributed by atoms with Crippen molar-refractivity contribution in [3.05, 3.63) is 77.0 Å². The quantitative estimate of drug-likeness (QED) is 0.287. The van der Waals surface area contributed by atoms with Crippen LogP contribution < -0.4 is 28.4 Å². The van der Waals surface area contributed by atoms with Gasteiger partial charge in [0.2, 0.25) is 11.5 Å². The van der Waals surface area contributed by atoms with Crippen LogP contribution in [0, 0.1) is 0 Å². The van der Waals surface area contributed by atoms with Gasteiger partial charge in [0.05, 0.1) is 39.6 Å². The molecule has 3 aromatic carbocycles. The number of esters is 1. The van der Waals surface area contributed by atoms with Crippen molar-refractivity contribution in [2.75, 3.05) is 28.4 Å². The first-order chi connectivity index (χ1) is 16.5. The van der Waals surface area contributed by atoms with E-state index in [1.165, 1.54) is 40.6 Å². The van der Waals surface area contributed by atoms with Gasteiger partial charge >= 0.3 is 5.97 Å². The van der Waals surface area contributed by atoms with Crippen molar-refractivity contribution in [3.63, 3.8) is 0 Å². The second kappa shape index (κ2) is 9.58. The van der Waals surface area contributed by atoms with E-state index in [0.717, 1.165) is 0 Å². The van der Waals surface area contributed by atoms with E-state index in [4.69, 9.17) is 28.4 Å². The predicted octanol–water partition coefficient (Wildman–Crippen LogP) is 4.56. The Balaban J connectivity index is 1.59. The average Bonchev–Trinajstić information content (AvgIpc) is 3.17. The minimum atomic E-state index is -0.561. The smallest absolute Gasteiger partial charge is 0.343 e. The summed E-state index contributed by atoms with van der Waals surface area (Å²) in [5.41, 5.74) is 1.26. The lowest BCUT2D eigenvalue weighted by molar-refractivity contribution is 0.0734. The van der Waals surface area contributed by atoms with Gasteiger partial charge < -0.3 is 28.4 Å². The zero-order chi connectivity index (χ0) is 24.2. The first-order valence-corrected chi connectivity index (χ1v) is 10.2. The maximum atomic E-state index is 12.9. The van der Waals surface area contributed by atoms with Gasteiger partial charge in [-0.2, -0.15) is 0 Å². The number of carbonyl (C=O) groups is 2. The minimum absolute atomic E-state index is 0.0943. The van der Waals surface area contributed by atoms with Gasteiger partial charge in [0.15, 0.2) is 17.3 Å². The van der Waals surface area contributed by atoms with Gasteiger partial charge in [-0.05, 0) is 48.5 Å². The Labute approximate surface area is 196 Å². The summed E-state index contributed by atoms with van der Waals surface area (Å²) in [7, 11) is 6.03. The molecule has 0 bridgehead atoms. The molecule has 34 heavy (non-hydrogen) atoms. The van der Waals surface area contributed by atoms with E-state index < -0.39 is 5.97 Å². The van der Waals surface area contributed by atoms with E-state index in [9.17, 15) is 9.59 Å². The summed E-state index contributed by atoms with van der Waals surface area (Å²) in [6, 6.07) is 14.6. The summed E-state index contributed by atoms with van der Waals surface area (Å²) < 4.78 is 32.5. The normalized spacial score (nSPS) is 13.2. The highest BCUT2D eigenvalue weighted by Gasteiger charge is 2.29. The Kier molecular flexibility index (Phi) is 6.40. The number of rotatable bonds is 7. The summed E-state index contributed by atoms with van der Waals surface area (Å²) in [6.45, 7) is 0. The molecule has 1 heterocycles. The van der Waals surface area contributed by atoms with Crippen molar-refractivity contribution in [3.8, 4) is 34.5 Å². The number of hydrogen-bond donors (Lipinski definition) is 0. The number of ketones is 1. The molecule has 1 aliphatic heterocycles. The van der Waals surface area contributed by atoms with Crippen LogP contribution in [0.3, 0.4) is 0 Å². The lowest BCUT2D eigenvalue weighted by Crippen LogP contribution is -2.08. The number of benzene rings is 3. The van der Waals surface area contributed by atoms with Crippen LogP contribution in [-0.4, -0.2) is 40.2 Å². The molecule has 0 fully saturated rings. The maximum Gasteiger partial charge on any atom is 0.343 e. The molecule has 0 aliphatic carbocycles. The first kappa shape index (κ1) is 22.7. The summed E-state index contributed by atoms with van der Waals surface area (Å²) in [5.74, 6) is 1.58. The summed E-state index contributed by atoms with van der Waals surface area (Å²) in [4.78, 5) is 25.4. The van der Waals surface area contributed by atoms with Gasteiger partial charge in [0.25, 0.3) is 0 Å². The van der Waals surface area contributed by atoms with Crippen molar-refractivity contribution in [2.45, 2.75) is 0 Å². The van der Waals surface area contributed by atoms with Crippen LogP contribution in [0.1, 0.15) is 26.3 Å². The number of ether oxygens (including phenoxy) is 6. The molecule has 8 heteroatoms. The van der Waals surface area contributed by atoms with Crippen LogP contribution in [0.25, 0.3) is 6.08 Å². The molecule has 174 valence electrons. The molecule has 0 N–H and O–H groups in total.